The van der Waals surface area contributed by atoms with Gasteiger partial charge >= 0.3 is 0 Å². The highest BCUT2D eigenvalue weighted by Gasteiger charge is 2.36. The normalized spacial score (nSPS) is 16.7. The lowest BCUT2D eigenvalue weighted by Gasteiger charge is -2.32. The molecule has 0 bridgehead atoms. The van der Waals surface area contributed by atoms with Crippen molar-refractivity contribution < 1.29 is 29.9 Å². The molecule has 0 spiro atoms. The van der Waals surface area contributed by atoms with E-state index in [1.165, 1.54) is 6.08 Å². The van der Waals surface area contributed by atoms with Gasteiger partial charge in [0.05, 0.1) is 19.8 Å². The molecule has 0 amide bonds. The molecule has 152 valence electrons. The van der Waals surface area contributed by atoms with Gasteiger partial charge in [-0.15, -0.1) is 6.58 Å². The maximum Gasteiger partial charge on any atom is 0.115 e. The Labute approximate surface area is 165 Å². The topological polar surface area (TPSA) is 99.4 Å². The van der Waals surface area contributed by atoms with Gasteiger partial charge in [0.15, 0.2) is 0 Å². The SMILES string of the molecule is C=C[C@@H](OCc1ccccc1)[C@@H](O)[C@@H](O)[C@H](OCc1ccccc1)[C@H](O)CO. The Bertz CT molecular complexity index is 678. The molecule has 0 saturated heterocycles. The second kappa shape index (κ2) is 11.7. The average Bonchev–Trinajstić information content (AvgIpc) is 2.75. The highest BCUT2D eigenvalue weighted by molar-refractivity contribution is 5.14. The van der Waals surface area contributed by atoms with Crippen molar-refractivity contribution in [3.05, 3.63) is 84.4 Å². The fourth-order valence-electron chi connectivity index (χ4n) is 2.77. The van der Waals surface area contributed by atoms with Gasteiger partial charge in [0.1, 0.15) is 30.5 Å². The van der Waals surface area contributed by atoms with Crippen LogP contribution < -0.4 is 0 Å². The van der Waals surface area contributed by atoms with Gasteiger partial charge in [-0.2, -0.15) is 0 Å². The Kier molecular flexibility index (Phi) is 9.30. The zero-order valence-electron chi connectivity index (χ0n) is 15.7. The lowest BCUT2D eigenvalue weighted by atomic mass is 9.99. The van der Waals surface area contributed by atoms with Crippen LogP contribution in [0.15, 0.2) is 73.3 Å². The quantitative estimate of drug-likeness (QED) is 0.411. The molecule has 6 nitrogen and oxygen atoms in total. The second-order valence-electron chi connectivity index (χ2n) is 6.49. The Morgan fingerprint density at radius 1 is 0.786 bits per heavy atom. The minimum absolute atomic E-state index is 0.107. The molecule has 6 heteroatoms. The van der Waals surface area contributed by atoms with Crippen molar-refractivity contribution in [1.82, 2.24) is 0 Å². The Hall–Kier alpha value is -2.06. The van der Waals surface area contributed by atoms with Gasteiger partial charge in [0.25, 0.3) is 0 Å². The molecular formula is C22H28O6. The summed E-state index contributed by atoms with van der Waals surface area (Å²) in [5, 5.41) is 40.5. The number of aliphatic hydroxyl groups is 4. The fraction of sp³-hybridized carbons (Fsp3) is 0.364. The summed E-state index contributed by atoms with van der Waals surface area (Å²) >= 11 is 0. The Balaban J connectivity index is 2.00. The number of hydrogen-bond donors (Lipinski definition) is 4. The Morgan fingerprint density at radius 3 is 1.75 bits per heavy atom. The monoisotopic (exact) mass is 388 g/mol. The Morgan fingerprint density at radius 2 is 1.29 bits per heavy atom. The first-order valence-corrected chi connectivity index (χ1v) is 9.15. The van der Waals surface area contributed by atoms with E-state index in [0.717, 1.165) is 11.1 Å². The summed E-state index contributed by atoms with van der Waals surface area (Å²) in [7, 11) is 0. The van der Waals surface area contributed by atoms with Crippen molar-refractivity contribution in [1.29, 1.82) is 0 Å². The predicted molar refractivity (Wildman–Crippen MR) is 105 cm³/mol. The van der Waals surface area contributed by atoms with E-state index in [9.17, 15) is 20.4 Å². The largest absolute Gasteiger partial charge is 0.394 e. The summed E-state index contributed by atoms with van der Waals surface area (Å²) in [6.07, 6.45) is -4.97. The average molecular weight is 388 g/mol. The lowest BCUT2D eigenvalue weighted by Crippen LogP contribution is -2.51. The van der Waals surface area contributed by atoms with E-state index >= 15 is 0 Å². The van der Waals surface area contributed by atoms with Gasteiger partial charge in [-0.25, -0.2) is 0 Å². The van der Waals surface area contributed by atoms with Crippen LogP contribution in [0.5, 0.6) is 0 Å². The first-order chi connectivity index (χ1) is 13.6. The predicted octanol–water partition coefficient (Wildman–Crippen LogP) is 1.42. The van der Waals surface area contributed by atoms with E-state index in [1.54, 1.807) is 0 Å². The minimum Gasteiger partial charge on any atom is -0.394 e. The van der Waals surface area contributed by atoms with Gasteiger partial charge in [-0.3, -0.25) is 0 Å². The third-order valence-electron chi connectivity index (χ3n) is 4.39. The molecule has 0 saturated carbocycles. The molecular weight excluding hydrogens is 360 g/mol. The van der Waals surface area contributed by atoms with E-state index < -0.39 is 37.1 Å². The number of benzene rings is 2. The summed E-state index contributed by atoms with van der Waals surface area (Å²) in [6.45, 7) is 3.36. The van der Waals surface area contributed by atoms with Gasteiger partial charge < -0.3 is 29.9 Å². The summed E-state index contributed by atoms with van der Waals surface area (Å²) in [5.41, 5.74) is 1.74. The van der Waals surface area contributed by atoms with Crippen LogP contribution in [0.3, 0.4) is 0 Å². The van der Waals surface area contributed by atoms with Crippen LogP contribution in [-0.4, -0.2) is 57.6 Å². The molecule has 2 rings (SSSR count). The van der Waals surface area contributed by atoms with E-state index in [-0.39, 0.29) is 13.2 Å². The standard InChI is InChI=1S/C22H28O6/c1-2-19(27-14-16-9-5-3-6-10-16)20(25)21(26)22(18(24)13-23)28-15-17-11-7-4-8-12-17/h2-12,18-26H,1,13-15H2/t18-,19-,20-,21-,22-/m1/s1. The zero-order valence-corrected chi connectivity index (χ0v) is 15.7. The highest BCUT2D eigenvalue weighted by atomic mass is 16.5. The number of rotatable bonds is 12. The van der Waals surface area contributed by atoms with Crippen LogP contribution in [0.25, 0.3) is 0 Å². The van der Waals surface area contributed by atoms with Gasteiger partial charge in [0, 0.05) is 0 Å². The lowest BCUT2D eigenvalue weighted by molar-refractivity contribution is -0.167. The smallest absolute Gasteiger partial charge is 0.115 e. The first-order valence-electron chi connectivity index (χ1n) is 9.15. The van der Waals surface area contributed by atoms with Crippen LogP contribution in [0.4, 0.5) is 0 Å². The number of ether oxygens (including phenoxy) is 2. The summed E-state index contributed by atoms with van der Waals surface area (Å²) < 4.78 is 11.3. The molecule has 0 aromatic heterocycles. The van der Waals surface area contributed by atoms with Gasteiger partial charge in [-0.05, 0) is 11.1 Å². The summed E-state index contributed by atoms with van der Waals surface area (Å²) in [5.74, 6) is 0. The molecule has 2 aromatic carbocycles. The van der Waals surface area contributed by atoms with E-state index in [2.05, 4.69) is 6.58 Å². The molecule has 0 aliphatic heterocycles. The van der Waals surface area contributed by atoms with E-state index in [4.69, 9.17) is 9.47 Å². The van der Waals surface area contributed by atoms with Crippen molar-refractivity contribution in [2.24, 2.45) is 0 Å². The van der Waals surface area contributed by atoms with E-state index in [0.29, 0.717) is 0 Å². The van der Waals surface area contributed by atoms with Gasteiger partial charge in [0.2, 0.25) is 0 Å². The zero-order chi connectivity index (χ0) is 20.4. The van der Waals surface area contributed by atoms with Crippen molar-refractivity contribution >= 4 is 0 Å². The molecule has 0 radical (unpaired) electrons. The molecule has 0 unspecified atom stereocenters. The molecule has 0 aliphatic carbocycles. The molecule has 2 aromatic rings. The maximum atomic E-state index is 10.6. The minimum atomic E-state index is -1.50. The van der Waals surface area contributed by atoms with Crippen LogP contribution in [0.1, 0.15) is 11.1 Å². The molecule has 28 heavy (non-hydrogen) atoms. The molecule has 4 N–H and O–H groups in total. The second-order valence-corrected chi connectivity index (χ2v) is 6.49. The number of aliphatic hydroxyl groups excluding tert-OH is 4. The first kappa shape index (κ1) is 22.2. The van der Waals surface area contributed by atoms with Crippen molar-refractivity contribution in [2.45, 2.75) is 43.7 Å². The fourth-order valence-corrected chi connectivity index (χ4v) is 2.77. The highest BCUT2D eigenvalue weighted by Crippen LogP contribution is 2.17. The maximum absolute atomic E-state index is 10.6. The summed E-state index contributed by atoms with van der Waals surface area (Å²) in [4.78, 5) is 0. The van der Waals surface area contributed by atoms with E-state index in [1.807, 2.05) is 60.7 Å². The third kappa shape index (κ3) is 6.53. The molecule has 0 fully saturated rings. The van der Waals surface area contributed by atoms with Crippen molar-refractivity contribution in [3.63, 3.8) is 0 Å². The third-order valence-corrected chi connectivity index (χ3v) is 4.39. The van der Waals surface area contributed by atoms with Crippen LogP contribution >= 0.6 is 0 Å². The number of hydrogen-bond acceptors (Lipinski definition) is 6. The van der Waals surface area contributed by atoms with Crippen LogP contribution in [0, 0.1) is 0 Å². The molecule has 0 aliphatic rings. The summed E-state index contributed by atoms with van der Waals surface area (Å²) in [6, 6.07) is 18.6. The van der Waals surface area contributed by atoms with Crippen LogP contribution in [0.2, 0.25) is 0 Å². The van der Waals surface area contributed by atoms with Crippen LogP contribution in [-0.2, 0) is 22.7 Å². The molecule has 0 heterocycles. The van der Waals surface area contributed by atoms with Crippen molar-refractivity contribution in [2.75, 3.05) is 6.61 Å². The van der Waals surface area contributed by atoms with Crippen molar-refractivity contribution in [3.8, 4) is 0 Å². The van der Waals surface area contributed by atoms with Gasteiger partial charge in [-0.1, -0.05) is 66.7 Å². The molecule has 5 atom stereocenters.